The summed E-state index contributed by atoms with van der Waals surface area (Å²) in [5.41, 5.74) is 0.0703. The Kier molecular flexibility index (Phi) is 7.38. The number of alkyl halides is 2. The van der Waals surface area contributed by atoms with Crippen molar-refractivity contribution in [3.8, 4) is 11.5 Å². The molecule has 0 heterocycles. The van der Waals surface area contributed by atoms with Gasteiger partial charge in [0, 0.05) is 6.04 Å². The van der Waals surface area contributed by atoms with Gasteiger partial charge >= 0.3 is 12.6 Å². The van der Waals surface area contributed by atoms with Crippen molar-refractivity contribution >= 4 is 11.9 Å². The Labute approximate surface area is 157 Å². The highest BCUT2D eigenvalue weighted by Crippen LogP contribution is 2.30. The predicted octanol–water partition coefficient (Wildman–Crippen LogP) is 3.39. The molecule has 0 spiro atoms. The lowest BCUT2D eigenvalue weighted by molar-refractivity contribution is -0.125. The minimum atomic E-state index is -3.01. The van der Waals surface area contributed by atoms with Gasteiger partial charge in [0.25, 0.3) is 5.91 Å². The number of benzene rings is 1. The molecule has 0 bridgehead atoms. The SMILES string of the molecule is COc1cc(C(=O)OCC(=O)N[C@H]2CCC[C@@H](C)[C@H]2C)ccc1OC(F)F. The van der Waals surface area contributed by atoms with Gasteiger partial charge in [0.15, 0.2) is 18.1 Å². The van der Waals surface area contributed by atoms with E-state index in [0.717, 1.165) is 19.3 Å². The van der Waals surface area contributed by atoms with Crippen LogP contribution in [-0.4, -0.2) is 38.2 Å². The second-order valence-corrected chi connectivity index (χ2v) is 6.76. The number of nitrogens with one attached hydrogen (secondary N) is 1. The van der Waals surface area contributed by atoms with Crippen LogP contribution < -0.4 is 14.8 Å². The number of hydrogen-bond acceptors (Lipinski definition) is 5. The van der Waals surface area contributed by atoms with Crippen LogP contribution in [0.1, 0.15) is 43.5 Å². The highest BCUT2D eigenvalue weighted by molar-refractivity contribution is 5.92. The zero-order chi connectivity index (χ0) is 20.0. The first-order valence-electron chi connectivity index (χ1n) is 8.91. The Morgan fingerprint density at radius 3 is 2.63 bits per heavy atom. The molecule has 1 amide bonds. The largest absolute Gasteiger partial charge is 0.493 e. The fourth-order valence-electron chi connectivity index (χ4n) is 3.24. The van der Waals surface area contributed by atoms with Gasteiger partial charge in [0.1, 0.15) is 0 Å². The van der Waals surface area contributed by atoms with Gasteiger partial charge in [-0.15, -0.1) is 0 Å². The Morgan fingerprint density at radius 2 is 1.96 bits per heavy atom. The van der Waals surface area contributed by atoms with E-state index in [4.69, 9.17) is 9.47 Å². The molecule has 1 aromatic rings. The van der Waals surface area contributed by atoms with Crippen molar-refractivity contribution < 1.29 is 32.6 Å². The van der Waals surface area contributed by atoms with Gasteiger partial charge in [-0.25, -0.2) is 4.79 Å². The van der Waals surface area contributed by atoms with Crippen LogP contribution in [0.25, 0.3) is 0 Å². The van der Waals surface area contributed by atoms with E-state index in [-0.39, 0.29) is 29.0 Å². The summed E-state index contributed by atoms with van der Waals surface area (Å²) < 4.78 is 38.9. The van der Waals surface area contributed by atoms with Crippen molar-refractivity contribution in [2.75, 3.05) is 13.7 Å². The van der Waals surface area contributed by atoms with Crippen molar-refractivity contribution in [3.63, 3.8) is 0 Å². The van der Waals surface area contributed by atoms with E-state index in [2.05, 4.69) is 23.9 Å². The molecule has 1 aromatic carbocycles. The summed E-state index contributed by atoms with van der Waals surface area (Å²) in [5, 5.41) is 2.91. The molecule has 1 saturated carbocycles. The number of esters is 1. The molecule has 2 rings (SSSR count). The Morgan fingerprint density at radius 1 is 1.22 bits per heavy atom. The highest BCUT2D eigenvalue weighted by atomic mass is 19.3. The lowest BCUT2D eigenvalue weighted by Crippen LogP contribution is -2.45. The minimum absolute atomic E-state index is 0.0285. The number of amides is 1. The van der Waals surface area contributed by atoms with Gasteiger partial charge in [0.05, 0.1) is 12.7 Å². The maximum absolute atomic E-state index is 12.3. The van der Waals surface area contributed by atoms with Crippen LogP contribution in [0.5, 0.6) is 11.5 Å². The molecule has 0 aromatic heterocycles. The van der Waals surface area contributed by atoms with E-state index in [1.165, 1.54) is 25.3 Å². The first-order chi connectivity index (χ1) is 12.8. The maximum atomic E-state index is 12.3. The number of methoxy groups -OCH3 is 1. The van der Waals surface area contributed by atoms with E-state index in [9.17, 15) is 18.4 Å². The highest BCUT2D eigenvalue weighted by Gasteiger charge is 2.28. The van der Waals surface area contributed by atoms with Gasteiger partial charge < -0.3 is 19.5 Å². The Hall–Kier alpha value is -2.38. The molecule has 27 heavy (non-hydrogen) atoms. The molecule has 1 N–H and O–H groups in total. The van der Waals surface area contributed by atoms with Crippen LogP contribution in [0.4, 0.5) is 8.78 Å². The topological polar surface area (TPSA) is 73.9 Å². The molecule has 0 radical (unpaired) electrons. The van der Waals surface area contributed by atoms with Crippen LogP contribution >= 0.6 is 0 Å². The summed E-state index contributed by atoms with van der Waals surface area (Å²) >= 11 is 0. The van der Waals surface area contributed by atoms with Gasteiger partial charge in [-0.2, -0.15) is 8.78 Å². The third-order valence-electron chi connectivity index (χ3n) is 5.00. The van der Waals surface area contributed by atoms with Gasteiger partial charge in [0.2, 0.25) is 0 Å². The molecule has 0 aliphatic heterocycles. The van der Waals surface area contributed by atoms with E-state index in [1.807, 2.05) is 0 Å². The van der Waals surface area contributed by atoms with Crippen molar-refractivity contribution in [2.24, 2.45) is 11.8 Å². The van der Waals surface area contributed by atoms with Crippen LogP contribution in [0.3, 0.4) is 0 Å². The third-order valence-corrected chi connectivity index (χ3v) is 5.00. The average molecular weight is 385 g/mol. The number of carbonyl (C=O) groups excluding carboxylic acids is 2. The molecule has 3 atom stereocenters. The molecule has 1 aliphatic rings. The second kappa shape index (κ2) is 9.53. The fraction of sp³-hybridized carbons (Fsp3) is 0.579. The van der Waals surface area contributed by atoms with Crippen LogP contribution in [0.15, 0.2) is 18.2 Å². The number of carbonyl (C=O) groups is 2. The Balaban J connectivity index is 1.90. The molecule has 6 nitrogen and oxygen atoms in total. The summed E-state index contributed by atoms with van der Waals surface area (Å²) in [6.45, 7) is 0.854. The normalized spacial score (nSPS) is 22.2. The standard InChI is InChI=1S/C19H25F2NO5/c1-11-5-4-6-14(12(11)2)22-17(23)10-26-18(24)13-7-8-15(27-19(20)21)16(9-13)25-3/h7-9,11-12,14,19H,4-6,10H2,1-3H3,(H,22,23)/t11-,12-,14+/m1/s1. The molecular weight excluding hydrogens is 360 g/mol. The average Bonchev–Trinajstić information content (AvgIpc) is 2.63. The molecular formula is C19H25F2NO5. The lowest BCUT2D eigenvalue weighted by atomic mass is 9.78. The fourth-order valence-corrected chi connectivity index (χ4v) is 3.24. The van der Waals surface area contributed by atoms with Gasteiger partial charge in [-0.1, -0.05) is 26.7 Å². The number of halogens is 2. The smallest absolute Gasteiger partial charge is 0.387 e. The number of ether oxygens (including phenoxy) is 3. The summed E-state index contributed by atoms with van der Waals surface area (Å²) in [4.78, 5) is 24.2. The summed E-state index contributed by atoms with van der Waals surface area (Å²) in [6, 6.07) is 3.76. The molecule has 1 fully saturated rings. The summed E-state index contributed by atoms with van der Waals surface area (Å²) in [5.74, 6) is -0.435. The molecule has 0 saturated heterocycles. The van der Waals surface area contributed by atoms with Crippen molar-refractivity contribution in [1.29, 1.82) is 0 Å². The maximum Gasteiger partial charge on any atom is 0.387 e. The lowest BCUT2D eigenvalue weighted by Gasteiger charge is -2.34. The zero-order valence-electron chi connectivity index (χ0n) is 15.7. The number of hydrogen-bond donors (Lipinski definition) is 1. The molecule has 8 heteroatoms. The summed E-state index contributed by atoms with van der Waals surface area (Å²) in [7, 11) is 1.27. The van der Waals surface area contributed by atoms with Gasteiger partial charge in [-0.05, 0) is 36.5 Å². The predicted molar refractivity (Wildman–Crippen MR) is 94.0 cm³/mol. The van der Waals surface area contributed by atoms with Crippen LogP contribution in [-0.2, 0) is 9.53 Å². The molecule has 1 aliphatic carbocycles. The van der Waals surface area contributed by atoms with E-state index < -0.39 is 19.2 Å². The van der Waals surface area contributed by atoms with E-state index in [0.29, 0.717) is 11.8 Å². The van der Waals surface area contributed by atoms with E-state index >= 15 is 0 Å². The van der Waals surface area contributed by atoms with Crippen LogP contribution in [0.2, 0.25) is 0 Å². The van der Waals surface area contributed by atoms with Crippen molar-refractivity contribution in [3.05, 3.63) is 23.8 Å². The van der Waals surface area contributed by atoms with E-state index in [1.54, 1.807) is 0 Å². The van der Waals surface area contributed by atoms with Crippen molar-refractivity contribution in [2.45, 2.75) is 45.8 Å². The third kappa shape index (κ3) is 5.80. The van der Waals surface area contributed by atoms with Gasteiger partial charge in [-0.3, -0.25) is 4.79 Å². The zero-order valence-corrected chi connectivity index (χ0v) is 15.7. The first kappa shape index (κ1) is 20.9. The molecule has 0 unspecified atom stereocenters. The summed E-state index contributed by atoms with van der Waals surface area (Å²) in [6.07, 6.45) is 3.12. The minimum Gasteiger partial charge on any atom is -0.493 e. The second-order valence-electron chi connectivity index (χ2n) is 6.76. The van der Waals surface area contributed by atoms with Crippen LogP contribution in [0, 0.1) is 11.8 Å². The Bertz CT molecular complexity index is 668. The quantitative estimate of drug-likeness (QED) is 0.729. The van der Waals surface area contributed by atoms with Crippen molar-refractivity contribution in [1.82, 2.24) is 5.32 Å². The molecule has 150 valence electrons. The number of rotatable bonds is 7. The first-order valence-corrected chi connectivity index (χ1v) is 8.91. The monoisotopic (exact) mass is 385 g/mol.